The van der Waals surface area contributed by atoms with Crippen LogP contribution in [0.3, 0.4) is 0 Å². The van der Waals surface area contributed by atoms with E-state index in [0.717, 1.165) is 61.6 Å². The lowest BCUT2D eigenvalue weighted by Crippen LogP contribution is -2.75. The van der Waals surface area contributed by atoms with Gasteiger partial charge < -0.3 is 40.0 Å². The topological polar surface area (TPSA) is 167 Å². The molecular formula is C50H65ClN8O6. The van der Waals surface area contributed by atoms with Gasteiger partial charge in [-0.1, -0.05) is 57.5 Å². The van der Waals surface area contributed by atoms with Gasteiger partial charge in [0.15, 0.2) is 0 Å². The second kappa shape index (κ2) is 17.4. The molecule has 5 heterocycles. The molecule has 5 aliphatic heterocycles. The zero-order valence-corrected chi connectivity index (χ0v) is 39.4. The number of ether oxygens (including phenoxy) is 3. The predicted octanol–water partition coefficient (Wildman–Crippen LogP) is 4.75. The SMILES string of the molecule is CN1C=C(c2cc(C(C)(C)O)ccc2Oc2ccc(C3(N4CCN(C5NCC(C(=O)NC6C(C)(C)C(Oc7ccc(C#N)c(Cl)c7)C6(C)C)CN5)CC4)COC3)cc2)C2CCNC2C1O. The van der Waals surface area contributed by atoms with Gasteiger partial charge in [0.25, 0.3) is 0 Å². The van der Waals surface area contributed by atoms with Crippen LogP contribution in [0.25, 0.3) is 5.57 Å². The number of aliphatic hydroxyl groups excluding tert-OH is 1. The number of halogens is 1. The van der Waals surface area contributed by atoms with Crippen molar-refractivity contribution >= 4 is 23.1 Å². The summed E-state index contributed by atoms with van der Waals surface area (Å²) in [6.07, 6.45) is 2.13. The zero-order valence-electron chi connectivity index (χ0n) is 38.7. The van der Waals surface area contributed by atoms with Crippen LogP contribution in [-0.4, -0.2) is 128 Å². The van der Waals surface area contributed by atoms with E-state index in [0.29, 0.717) is 48.4 Å². The van der Waals surface area contributed by atoms with Crippen molar-refractivity contribution in [1.29, 1.82) is 5.26 Å². The van der Waals surface area contributed by atoms with Crippen LogP contribution >= 0.6 is 11.6 Å². The standard InChI is InChI=1S/C50H65ClN8O6/c1-47(2)44(48(3,4)45(47)65-35-12-8-30(24-52)39(51)23-35)56-42(60)31-25-54-46(55-26-31)58-18-20-59(21-19-58)50(28-63-29-50)32-9-13-34(14-10-32)64-40-15-11-33(49(5,6)62)22-37(40)38-27-57(7)43(61)41-36(38)16-17-53-41/h8-15,22-23,27,31,36,41,43-46,53-55,61-62H,16-21,25-26,28-29H2,1-7H3,(H,56,60). The first-order valence-electron chi connectivity index (χ1n) is 23.1. The molecule has 1 saturated carbocycles. The van der Waals surface area contributed by atoms with Gasteiger partial charge in [-0.15, -0.1) is 0 Å². The van der Waals surface area contributed by atoms with E-state index in [2.05, 4.69) is 77.0 Å². The van der Waals surface area contributed by atoms with Crippen LogP contribution in [0.2, 0.25) is 5.02 Å². The van der Waals surface area contributed by atoms with Crippen molar-refractivity contribution in [2.24, 2.45) is 22.7 Å². The highest BCUT2D eigenvalue weighted by molar-refractivity contribution is 6.31. The number of fused-ring (bicyclic) bond motifs is 1. The van der Waals surface area contributed by atoms with Crippen molar-refractivity contribution in [2.75, 3.05) is 66.1 Å². The van der Waals surface area contributed by atoms with E-state index in [4.69, 9.17) is 25.8 Å². The Bertz CT molecular complexity index is 2310. The highest BCUT2D eigenvalue weighted by Crippen LogP contribution is 2.56. The van der Waals surface area contributed by atoms with Crippen molar-refractivity contribution in [3.63, 3.8) is 0 Å². The number of benzene rings is 3. The van der Waals surface area contributed by atoms with E-state index >= 15 is 0 Å². The summed E-state index contributed by atoms with van der Waals surface area (Å²) >= 11 is 6.29. The van der Waals surface area contributed by atoms with Gasteiger partial charge in [0.05, 0.1) is 46.9 Å². The van der Waals surface area contributed by atoms with E-state index in [1.54, 1.807) is 32.0 Å². The van der Waals surface area contributed by atoms with Gasteiger partial charge in [-0.3, -0.25) is 25.2 Å². The summed E-state index contributed by atoms with van der Waals surface area (Å²) in [4.78, 5) is 20.6. The van der Waals surface area contributed by atoms with Gasteiger partial charge in [0.1, 0.15) is 41.9 Å². The lowest BCUT2D eigenvalue weighted by atomic mass is 9.49. The molecule has 1 aliphatic carbocycles. The Balaban J connectivity index is 0.792. The summed E-state index contributed by atoms with van der Waals surface area (Å²) in [6.45, 7) is 18.8. The molecule has 5 fully saturated rings. The van der Waals surface area contributed by atoms with Crippen LogP contribution in [0, 0.1) is 34.0 Å². The average molecular weight is 910 g/mol. The van der Waals surface area contributed by atoms with Crippen LogP contribution in [0.1, 0.15) is 70.2 Å². The number of rotatable bonds is 11. The summed E-state index contributed by atoms with van der Waals surface area (Å²) < 4.78 is 19.0. The molecule has 3 aromatic rings. The van der Waals surface area contributed by atoms with E-state index in [1.165, 1.54) is 5.56 Å². The summed E-state index contributed by atoms with van der Waals surface area (Å²) in [7, 11) is 1.89. The smallest absolute Gasteiger partial charge is 0.225 e. The average Bonchev–Trinajstić information content (AvgIpc) is 3.77. The number of aliphatic hydroxyl groups is 2. The fourth-order valence-corrected chi connectivity index (χ4v) is 11.9. The van der Waals surface area contributed by atoms with Gasteiger partial charge in [-0.25, -0.2) is 0 Å². The minimum absolute atomic E-state index is 0.0205. The van der Waals surface area contributed by atoms with E-state index in [1.807, 2.05) is 48.5 Å². The van der Waals surface area contributed by atoms with Crippen LogP contribution in [-0.2, 0) is 20.7 Å². The van der Waals surface area contributed by atoms with Crippen LogP contribution in [0.15, 0.2) is 66.9 Å². The third kappa shape index (κ3) is 8.42. The largest absolute Gasteiger partial charge is 0.489 e. The second-order valence-corrected chi connectivity index (χ2v) is 21.1. The van der Waals surface area contributed by atoms with Crippen molar-refractivity contribution < 1.29 is 29.2 Å². The van der Waals surface area contributed by atoms with Gasteiger partial charge in [0, 0.05) is 86.9 Å². The molecule has 0 spiro atoms. The molecule has 14 nitrogen and oxygen atoms in total. The Morgan fingerprint density at radius 2 is 1.63 bits per heavy atom. The molecule has 4 saturated heterocycles. The molecule has 0 aromatic heterocycles. The first-order valence-corrected chi connectivity index (χ1v) is 23.5. The van der Waals surface area contributed by atoms with Gasteiger partial charge in [0.2, 0.25) is 5.91 Å². The Kier molecular flexibility index (Phi) is 12.3. The lowest BCUT2D eigenvalue weighted by Gasteiger charge is -2.63. The maximum Gasteiger partial charge on any atom is 0.225 e. The maximum absolute atomic E-state index is 13.7. The molecule has 3 atom stereocenters. The number of nitriles is 1. The Morgan fingerprint density at radius 1 is 0.954 bits per heavy atom. The Morgan fingerprint density at radius 3 is 2.25 bits per heavy atom. The zero-order chi connectivity index (χ0) is 46.1. The number of likely N-dealkylation sites (N-methyl/N-ethyl adjacent to an activating group) is 1. The van der Waals surface area contributed by atoms with Gasteiger partial charge in [-0.2, -0.15) is 5.26 Å². The van der Waals surface area contributed by atoms with E-state index in [-0.39, 0.29) is 58.6 Å². The summed E-state index contributed by atoms with van der Waals surface area (Å²) in [5.74, 6) is 1.98. The van der Waals surface area contributed by atoms with Crippen molar-refractivity contribution in [3.05, 3.63) is 94.1 Å². The van der Waals surface area contributed by atoms with Crippen LogP contribution < -0.4 is 30.7 Å². The number of piperazine rings is 1. The predicted molar refractivity (Wildman–Crippen MR) is 249 cm³/mol. The molecule has 15 heteroatoms. The first kappa shape index (κ1) is 45.9. The van der Waals surface area contributed by atoms with Crippen molar-refractivity contribution in [3.8, 4) is 23.3 Å². The molecule has 348 valence electrons. The number of hydrogen-bond acceptors (Lipinski definition) is 13. The molecule has 3 unspecified atom stereocenters. The number of nitrogens with zero attached hydrogens (tertiary/aromatic N) is 4. The minimum Gasteiger partial charge on any atom is -0.489 e. The molecular weight excluding hydrogens is 844 g/mol. The highest BCUT2D eigenvalue weighted by Gasteiger charge is 2.64. The summed E-state index contributed by atoms with van der Waals surface area (Å²) in [5, 5.41) is 45.6. The Labute approximate surface area is 388 Å². The summed E-state index contributed by atoms with van der Waals surface area (Å²) in [6, 6.07) is 21.4. The van der Waals surface area contributed by atoms with Gasteiger partial charge in [-0.05, 0) is 79.9 Å². The third-order valence-electron chi connectivity index (χ3n) is 15.3. The molecule has 6 N–H and O–H groups in total. The molecule has 0 bridgehead atoms. The molecule has 65 heavy (non-hydrogen) atoms. The molecule has 1 amide bonds. The molecule has 9 rings (SSSR count). The monoisotopic (exact) mass is 908 g/mol. The number of hydrogen-bond donors (Lipinski definition) is 6. The number of carbonyl (C=O) groups excluding carboxylic acids is 1. The summed E-state index contributed by atoms with van der Waals surface area (Å²) in [5.41, 5.74) is 2.50. The highest BCUT2D eigenvalue weighted by atomic mass is 35.5. The molecule has 6 aliphatic rings. The number of nitrogens with one attached hydrogen (secondary N) is 4. The minimum atomic E-state index is -1.03. The normalized spacial score (nSPS) is 29.6. The molecule has 3 aromatic carbocycles. The van der Waals surface area contributed by atoms with Crippen LogP contribution in [0.4, 0.5) is 0 Å². The second-order valence-electron chi connectivity index (χ2n) is 20.7. The molecule has 0 radical (unpaired) electrons. The van der Waals surface area contributed by atoms with Gasteiger partial charge >= 0.3 is 0 Å². The first-order chi connectivity index (χ1) is 30.9. The third-order valence-corrected chi connectivity index (χ3v) is 15.6. The quantitative estimate of drug-likeness (QED) is 0.156. The maximum atomic E-state index is 13.7. The van der Waals surface area contributed by atoms with Crippen molar-refractivity contribution in [1.82, 2.24) is 36.0 Å². The fourth-order valence-electron chi connectivity index (χ4n) is 11.7. The van der Waals surface area contributed by atoms with E-state index in [9.17, 15) is 20.3 Å². The number of carbonyl (C=O) groups is 1. The van der Waals surface area contributed by atoms with Crippen LogP contribution in [0.5, 0.6) is 17.2 Å². The Hall–Kier alpha value is -4.27. The van der Waals surface area contributed by atoms with Crippen molar-refractivity contribution in [2.45, 2.75) is 89.8 Å². The fraction of sp³-hybridized carbons (Fsp3) is 0.560. The van der Waals surface area contributed by atoms with E-state index < -0.39 is 11.8 Å². The number of amides is 1. The lowest BCUT2D eigenvalue weighted by molar-refractivity contribution is -0.175.